The van der Waals surface area contributed by atoms with Gasteiger partial charge in [-0.15, -0.1) is 0 Å². The molecule has 0 aliphatic carbocycles. The molecule has 0 saturated carbocycles. The monoisotopic (exact) mass is 285 g/mol. The number of likely N-dealkylation sites (N-methyl/N-ethyl adjacent to an activating group) is 1. The van der Waals surface area contributed by atoms with Gasteiger partial charge in [0.05, 0.1) is 0 Å². The number of benzene rings is 1. The van der Waals surface area contributed by atoms with Crippen molar-refractivity contribution in [1.29, 1.82) is 0 Å². The summed E-state index contributed by atoms with van der Waals surface area (Å²) in [7, 11) is 0. The molecule has 110 valence electrons. The average molecular weight is 285 g/mol. The van der Waals surface area contributed by atoms with E-state index in [2.05, 4.69) is 0 Å². The van der Waals surface area contributed by atoms with Gasteiger partial charge in [0.25, 0.3) is 0 Å². The smallest absolute Gasteiger partial charge is 0.225 e. The van der Waals surface area contributed by atoms with Crippen molar-refractivity contribution in [2.45, 2.75) is 39.2 Å². The molecule has 0 spiro atoms. The molecule has 2 rings (SSSR count). The van der Waals surface area contributed by atoms with Gasteiger partial charge in [-0.2, -0.15) is 0 Å². The molecule has 0 bridgehead atoms. The third-order valence-electron chi connectivity index (χ3n) is 4.15. The van der Waals surface area contributed by atoms with Crippen LogP contribution in [0.5, 0.6) is 0 Å². The number of carbonyl (C=O) groups excluding carboxylic acids is 1. The van der Waals surface area contributed by atoms with Gasteiger partial charge in [0.2, 0.25) is 5.91 Å². The van der Waals surface area contributed by atoms with Crippen molar-refractivity contribution in [2.75, 3.05) is 6.54 Å². The highest BCUT2D eigenvalue weighted by molar-refractivity contribution is 5.80. The summed E-state index contributed by atoms with van der Waals surface area (Å²) in [5.74, 6) is -3.65. The predicted molar refractivity (Wildman–Crippen MR) is 69.7 cm³/mol. The van der Waals surface area contributed by atoms with Gasteiger partial charge in [0.15, 0.2) is 11.6 Å². The molecule has 0 unspecified atom stereocenters. The zero-order valence-corrected chi connectivity index (χ0v) is 11.8. The number of hydrogen-bond donors (Lipinski definition) is 0. The van der Waals surface area contributed by atoms with E-state index in [4.69, 9.17) is 0 Å². The van der Waals surface area contributed by atoms with E-state index in [9.17, 15) is 18.0 Å². The fourth-order valence-electron chi connectivity index (χ4n) is 3.06. The van der Waals surface area contributed by atoms with Crippen molar-refractivity contribution in [3.05, 3.63) is 35.1 Å². The highest BCUT2D eigenvalue weighted by Gasteiger charge is 2.38. The Labute approximate surface area is 116 Å². The minimum Gasteiger partial charge on any atom is -0.339 e. The van der Waals surface area contributed by atoms with Crippen molar-refractivity contribution >= 4 is 5.91 Å². The zero-order valence-electron chi connectivity index (χ0n) is 11.8. The number of halogens is 3. The Hall–Kier alpha value is -1.52. The lowest BCUT2D eigenvalue weighted by atomic mass is 9.79. The van der Waals surface area contributed by atoms with Gasteiger partial charge in [0.1, 0.15) is 5.82 Å². The Morgan fingerprint density at radius 2 is 1.90 bits per heavy atom. The first-order valence-electron chi connectivity index (χ1n) is 6.81. The highest BCUT2D eigenvalue weighted by Crippen LogP contribution is 2.37. The molecule has 0 aromatic heterocycles. The first-order valence-corrected chi connectivity index (χ1v) is 6.81. The normalized spacial score (nSPS) is 27.0. The second kappa shape index (κ2) is 5.46. The van der Waals surface area contributed by atoms with Crippen LogP contribution in [-0.4, -0.2) is 23.4 Å². The Bertz CT molecular complexity index is 532. The maximum atomic E-state index is 13.9. The minimum atomic E-state index is -1.18. The number of amides is 1. The van der Waals surface area contributed by atoms with E-state index in [0.717, 1.165) is 6.07 Å². The van der Waals surface area contributed by atoms with E-state index in [1.165, 1.54) is 0 Å². The third-order valence-corrected chi connectivity index (χ3v) is 4.15. The zero-order chi connectivity index (χ0) is 15.0. The molecule has 1 amide bonds. The predicted octanol–water partition coefficient (Wildman–Crippen LogP) is 3.46. The van der Waals surface area contributed by atoms with Crippen LogP contribution >= 0.6 is 0 Å². The number of nitrogens with zero attached hydrogens (tertiary/aromatic N) is 1. The fourth-order valence-corrected chi connectivity index (χ4v) is 3.06. The summed E-state index contributed by atoms with van der Waals surface area (Å²) in [6, 6.07) is 1.30. The summed E-state index contributed by atoms with van der Waals surface area (Å²) in [5.41, 5.74) is 0.0211. The summed E-state index contributed by atoms with van der Waals surface area (Å²) < 4.78 is 40.7. The number of likely N-dealkylation sites (tertiary alicyclic amines) is 1. The van der Waals surface area contributed by atoms with E-state index in [1.807, 2.05) is 6.92 Å². The fraction of sp³-hybridized carbons (Fsp3) is 0.533. The van der Waals surface area contributed by atoms with Crippen LogP contribution in [0, 0.1) is 23.4 Å². The molecule has 2 nitrogen and oxygen atoms in total. The van der Waals surface area contributed by atoms with Crippen molar-refractivity contribution in [3.63, 3.8) is 0 Å². The van der Waals surface area contributed by atoms with E-state index >= 15 is 0 Å². The minimum absolute atomic E-state index is 0.00790. The quantitative estimate of drug-likeness (QED) is 0.762. The Morgan fingerprint density at radius 3 is 2.50 bits per heavy atom. The van der Waals surface area contributed by atoms with Crippen molar-refractivity contribution in [2.24, 2.45) is 5.92 Å². The molecule has 1 aromatic rings. The van der Waals surface area contributed by atoms with E-state index in [0.29, 0.717) is 19.0 Å². The van der Waals surface area contributed by atoms with Crippen LogP contribution in [0.4, 0.5) is 13.2 Å². The molecule has 1 aliphatic heterocycles. The van der Waals surface area contributed by atoms with Crippen LogP contribution in [0.3, 0.4) is 0 Å². The van der Waals surface area contributed by atoms with Crippen LogP contribution in [0.25, 0.3) is 0 Å². The van der Waals surface area contributed by atoms with Crippen molar-refractivity contribution < 1.29 is 18.0 Å². The summed E-state index contributed by atoms with van der Waals surface area (Å²) in [6.45, 7) is 5.89. The van der Waals surface area contributed by atoms with Crippen LogP contribution in [0.15, 0.2) is 12.1 Å². The summed E-state index contributed by atoms with van der Waals surface area (Å²) in [4.78, 5) is 13.7. The second-order valence-electron chi connectivity index (χ2n) is 5.40. The van der Waals surface area contributed by atoms with Crippen LogP contribution in [0.2, 0.25) is 0 Å². The molecule has 1 saturated heterocycles. The second-order valence-corrected chi connectivity index (χ2v) is 5.40. The summed E-state index contributed by atoms with van der Waals surface area (Å²) >= 11 is 0. The van der Waals surface area contributed by atoms with Crippen LogP contribution in [-0.2, 0) is 4.79 Å². The maximum Gasteiger partial charge on any atom is 0.225 e. The van der Waals surface area contributed by atoms with Gasteiger partial charge < -0.3 is 4.90 Å². The summed E-state index contributed by atoms with van der Waals surface area (Å²) in [6.07, 6.45) is 0.399. The molecule has 0 radical (unpaired) electrons. The van der Waals surface area contributed by atoms with Crippen LogP contribution < -0.4 is 0 Å². The van der Waals surface area contributed by atoms with Gasteiger partial charge in [0, 0.05) is 30.5 Å². The molecule has 20 heavy (non-hydrogen) atoms. The average Bonchev–Trinajstić information content (AvgIpc) is 2.39. The summed E-state index contributed by atoms with van der Waals surface area (Å²) in [5, 5.41) is 0. The Morgan fingerprint density at radius 1 is 1.25 bits per heavy atom. The molecule has 1 fully saturated rings. The number of piperidine rings is 1. The standard InChI is InChI=1S/C15H18F3NO/c1-4-19-9(3)11(5-8(2)15(19)20)12-6-10(16)7-13(17)14(12)18/h6-9,11H,4-5H2,1-3H3/t8-,9+,11+/m0/s1. The van der Waals surface area contributed by atoms with Gasteiger partial charge in [-0.3, -0.25) is 4.79 Å². The first kappa shape index (κ1) is 14.9. The molecule has 1 heterocycles. The lowest BCUT2D eigenvalue weighted by Gasteiger charge is -2.42. The lowest BCUT2D eigenvalue weighted by molar-refractivity contribution is -0.141. The number of carbonyl (C=O) groups is 1. The number of hydrogen-bond acceptors (Lipinski definition) is 1. The maximum absolute atomic E-state index is 13.9. The highest BCUT2D eigenvalue weighted by atomic mass is 19.2. The third kappa shape index (κ3) is 2.41. The van der Waals surface area contributed by atoms with Crippen molar-refractivity contribution in [3.8, 4) is 0 Å². The Kier molecular flexibility index (Phi) is 4.06. The molecule has 3 atom stereocenters. The van der Waals surface area contributed by atoms with Gasteiger partial charge >= 0.3 is 0 Å². The van der Waals surface area contributed by atoms with Crippen LogP contribution in [0.1, 0.15) is 38.7 Å². The first-order chi connectivity index (χ1) is 9.36. The largest absolute Gasteiger partial charge is 0.339 e. The van der Waals surface area contributed by atoms with Crippen molar-refractivity contribution in [1.82, 2.24) is 4.90 Å². The van der Waals surface area contributed by atoms with Gasteiger partial charge in [-0.1, -0.05) is 6.92 Å². The van der Waals surface area contributed by atoms with E-state index < -0.39 is 23.4 Å². The molecular weight excluding hydrogens is 267 g/mol. The molecule has 1 aromatic carbocycles. The van der Waals surface area contributed by atoms with Gasteiger partial charge in [-0.25, -0.2) is 13.2 Å². The molecule has 1 aliphatic rings. The SMILES string of the molecule is CCN1C(=O)[C@@H](C)C[C@@H](c2cc(F)cc(F)c2F)[C@H]1C. The Balaban J connectivity index is 2.44. The molecule has 0 N–H and O–H groups in total. The van der Waals surface area contributed by atoms with E-state index in [1.54, 1.807) is 18.7 Å². The lowest BCUT2D eigenvalue weighted by Crippen LogP contribution is -2.49. The molecular formula is C15H18F3NO. The van der Waals surface area contributed by atoms with E-state index in [-0.39, 0.29) is 23.4 Å². The molecule has 5 heteroatoms. The number of rotatable bonds is 2. The van der Waals surface area contributed by atoms with Gasteiger partial charge in [-0.05, 0) is 31.9 Å². The topological polar surface area (TPSA) is 20.3 Å².